The third-order valence-corrected chi connectivity index (χ3v) is 1.97. The van der Waals surface area contributed by atoms with Crippen molar-refractivity contribution in [2.45, 2.75) is 20.3 Å². The Morgan fingerprint density at radius 1 is 1.50 bits per heavy atom. The van der Waals surface area contributed by atoms with Crippen LogP contribution in [0.2, 0.25) is 0 Å². The molecule has 0 aliphatic rings. The molecular weight excluding hydrogens is 146 g/mol. The van der Waals surface area contributed by atoms with E-state index in [2.05, 4.69) is 26.5 Å². The fourth-order valence-corrected chi connectivity index (χ4v) is 0.781. The molecule has 1 nitrogen and oxygen atoms in total. The Morgan fingerprint density at radius 3 is 2.67 bits per heavy atom. The summed E-state index contributed by atoms with van der Waals surface area (Å²) < 4.78 is 0. The Bertz CT molecular complexity index is 177. The maximum atomic E-state index is 3.99. The average Bonchev–Trinajstić information content (AvgIpc) is 2.10. The summed E-state index contributed by atoms with van der Waals surface area (Å²) in [6.07, 6.45) is 9.31. The van der Waals surface area contributed by atoms with E-state index in [4.69, 9.17) is 0 Å². The summed E-state index contributed by atoms with van der Waals surface area (Å²) in [6.45, 7) is 8.37. The zero-order valence-electron chi connectivity index (χ0n) is 8.38. The molecule has 0 spiro atoms. The molecule has 0 aliphatic heterocycles. The zero-order chi connectivity index (χ0) is 9.40. The number of quaternary nitrogens is 1. The van der Waals surface area contributed by atoms with Crippen molar-refractivity contribution < 1.29 is 5.32 Å². The molecule has 0 saturated carbocycles. The van der Waals surface area contributed by atoms with Crippen molar-refractivity contribution in [3.63, 3.8) is 0 Å². The lowest BCUT2D eigenvalue weighted by atomic mass is 10.00. The SMILES string of the molecule is C=C(C=CC=C[NH2+]C)C(C)CC. The lowest BCUT2D eigenvalue weighted by molar-refractivity contribution is -0.556. The normalized spacial score (nSPS) is 14.2. The van der Waals surface area contributed by atoms with Crippen LogP contribution in [0.5, 0.6) is 0 Å². The van der Waals surface area contributed by atoms with Crippen LogP contribution in [-0.2, 0) is 0 Å². The Kier molecular flexibility index (Phi) is 6.39. The van der Waals surface area contributed by atoms with Gasteiger partial charge in [0.05, 0.1) is 13.2 Å². The van der Waals surface area contributed by atoms with E-state index in [1.54, 1.807) is 0 Å². The molecule has 0 aliphatic carbocycles. The van der Waals surface area contributed by atoms with Crippen LogP contribution >= 0.6 is 0 Å². The van der Waals surface area contributed by atoms with E-state index in [-0.39, 0.29) is 0 Å². The van der Waals surface area contributed by atoms with Gasteiger partial charge in [-0.05, 0) is 18.4 Å². The number of nitrogens with two attached hydrogens (primary N) is 1. The van der Waals surface area contributed by atoms with Gasteiger partial charge < -0.3 is 5.32 Å². The molecule has 0 heterocycles. The van der Waals surface area contributed by atoms with Gasteiger partial charge in [0.1, 0.15) is 0 Å². The number of hydrogen-bond donors (Lipinski definition) is 1. The quantitative estimate of drug-likeness (QED) is 0.600. The van der Waals surface area contributed by atoms with Gasteiger partial charge >= 0.3 is 0 Å². The van der Waals surface area contributed by atoms with Gasteiger partial charge in [0.2, 0.25) is 0 Å². The second-order valence-electron chi connectivity index (χ2n) is 2.96. The topological polar surface area (TPSA) is 16.6 Å². The highest BCUT2D eigenvalue weighted by atomic mass is 14.8. The molecule has 0 aromatic heterocycles. The molecule has 1 unspecified atom stereocenters. The molecule has 0 rings (SSSR count). The van der Waals surface area contributed by atoms with Crippen molar-refractivity contribution in [1.29, 1.82) is 0 Å². The van der Waals surface area contributed by atoms with Gasteiger partial charge in [-0.1, -0.05) is 38.2 Å². The predicted octanol–water partition coefficient (Wildman–Crippen LogP) is 1.85. The lowest BCUT2D eigenvalue weighted by Gasteiger charge is -2.06. The van der Waals surface area contributed by atoms with Crippen LogP contribution in [-0.4, -0.2) is 7.05 Å². The molecule has 0 aromatic rings. The standard InChI is InChI=1S/C11H19N/c1-5-10(2)11(3)8-6-7-9-12-4/h6-10,12H,3,5H2,1-2,4H3/p+1. The molecule has 0 radical (unpaired) electrons. The van der Waals surface area contributed by atoms with Crippen molar-refractivity contribution in [2.24, 2.45) is 5.92 Å². The maximum Gasteiger partial charge on any atom is 0.0923 e. The number of rotatable bonds is 5. The van der Waals surface area contributed by atoms with Gasteiger partial charge in [0.25, 0.3) is 0 Å². The smallest absolute Gasteiger partial charge is 0.0923 e. The molecular formula is C11H20N+. The third-order valence-electron chi connectivity index (χ3n) is 1.97. The molecule has 1 heteroatoms. The van der Waals surface area contributed by atoms with Crippen molar-refractivity contribution in [2.75, 3.05) is 7.05 Å². The molecule has 68 valence electrons. The highest BCUT2D eigenvalue weighted by Crippen LogP contribution is 2.12. The van der Waals surface area contributed by atoms with Gasteiger partial charge in [-0.25, -0.2) is 0 Å². The van der Waals surface area contributed by atoms with Crippen LogP contribution < -0.4 is 5.32 Å². The monoisotopic (exact) mass is 166 g/mol. The van der Waals surface area contributed by atoms with E-state index >= 15 is 0 Å². The van der Waals surface area contributed by atoms with Crippen LogP contribution in [0.1, 0.15) is 20.3 Å². The van der Waals surface area contributed by atoms with Crippen LogP contribution in [0.15, 0.2) is 36.6 Å². The predicted molar refractivity (Wildman–Crippen MR) is 54.7 cm³/mol. The van der Waals surface area contributed by atoms with Gasteiger partial charge in [-0.2, -0.15) is 0 Å². The Hall–Kier alpha value is -0.820. The van der Waals surface area contributed by atoms with E-state index in [1.165, 1.54) is 5.57 Å². The average molecular weight is 166 g/mol. The summed E-state index contributed by atoms with van der Waals surface area (Å²) >= 11 is 0. The van der Waals surface area contributed by atoms with Crippen LogP contribution in [0, 0.1) is 5.92 Å². The fraction of sp³-hybridized carbons (Fsp3) is 0.455. The zero-order valence-corrected chi connectivity index (χ0v) is 8.38. The second kappa shape index (κ2) is 6.86. The van der Waals surface area contributed by atoms with Crippen molar-refractivity contribution in [1.82, 2.24) is 0 Å². The molecule has 0 fully saturated rings. The molecule has 0 amide bonds. The minimum atomic E-state index is 0.597. The number of hydrogen-bond acceptors (Lipinski definition) is 0. The summed E-state index contributed by atoms with van der Waals surface area (Å²) in [5, 5.41) is 2.01. The van der Waals surface area contributed by atoms with Crippen LogP contribution in [0.3, 0.4) is 0 Å². The van der Waals surface area contributed by atoms with E-state index in [9.17, 15) is 0 Å². The molecule has 12 heavy (non-hydrogen) atoms. The highest BCUT2D eigenvalue weighted by molar-refractivity contribution is 5.20. The maximum absolute atomic E-state index is 3.99. The summed E-state index contributed by atoms with van der Waals surface area (Å²) in [7, 11) is 2.01. The Labute approximate surface area is 75.9 Å². The first-order valence-electron chi connectivity index (χ1n) is 4.53. The minimum Gasteiger partial charge on any atom is -0.322 e. The van der Waals surface area contributed by atoms with E-state index in [0.717, 1.165) is 6.42 Å². The first kappa shape index (κ1) is 11.2. The lowest BCUT2D eigenvalue weighted by Crippen LogP contribution is -2.72. The summed E-state index contributed by atoms with van der Waals surface area (Å²) in [4.78, 5) is 0. The van der Waals surface area contributed by atoms with Gasteiger partial charge in [0, 0.05) is 0 Å². The second-order valence-corrected chi connectivity index (χ2v) is 2.96. The van der Waals surface area contributed by atoms with Crippen LogP contribution in [0.25, 0.3) is 0 Å². The minimum absolute atomic E-state index is 0.597. The van der Waals surface area contributed by atoms with Crippen molar-refractivity contribution in [3.8, 4) is 0 Å². The largest absolute Gasteiger partial charge is 0.322 e. The van der Waals surface area contributed by atoms with Gasteiger partial charge in [-0.15, -0.1) is 0 Å². The highest BCUT2D eigenvalue weighted by Gasteiger charge is 1.98. The van der Waals surface area contributed by atoms with Crippen LogP contribution in [0.4, 0.5) is 0 Å². The molecule has 0 aromatic carbocycles. The number of allylic oxidation sites excluding steroid dienone is 4. The van der Waals surface area contributed by atoms with Crippen molar-refractivity contribution >= 4 is 0 Å². The van der Waals surface area contributed by atoms with Gasteiger partial charge in [-0.3, -0.25) is 0 Å². The Balaban J connectivity index is 3.83. The summed E-state index contributed by atoms with van der Waals surface area (Å²) in [5.41, 5.74) is 1.21. The molecule has 2 N–H and O–H groups in total. The summed E-state index contributed by atoms with van der Waals surface area (Å²) in [5.74, 6) is 0.597. The van der Waals surface area contributed by atoms with E-state index in [0.29, 0.717) is 5.92 Å². The van der Waals surface area contributed by atoms with Gasteiger partial charge in [0.15, 0.2) is 0 Å². The molecule has 0 saturated heterocycles. The molecule has 0 bridgehead atoms. The Morgan fingerprint density at radius 2 is 2.17 bits per heavy atom. The third kappa shape index (κ3) is 4.91. The first-order chi connectivity index (χ1) is 5.72. The first-order valence-corrected chi connectivity index (χ1v) is 4.53. The van der Waals surface area contributed by atoms with Crippen molar-refractivity contribution in [3.05, 3.63) is 36.6 Å². The van der Waals surface area contributed by atoms with E-state index in [1.807, 2.05) is 30.7 Å². The summed E-state index contributed by atoms with van der Waals surface area (Å²) in [6, 6.07) is 0. The van der Waals surface area contributed by atoms with E-state index < -0.39 is 0 Å². The fourth-order valence-electron chi connectivity index (χ4n) is 0.781. The molecule has 1 atom stereocenters.